The minimum absolute atomic E-state index is 1.40. The average Bonchev–Trinajstić information content (AvgIpc) is 2.29. The van der Waals surface area contributed by atoms with Crippen molar-refractivity contribution in [1.29, 1.82) is 0 Å². The Kier molecular flexibility index (Phi) is 1.81. The third kappa shape index (κ3) is 1.03. The van der Waals surface area contributed by atoms with Crippen LogP contribution in [0.25, 0.3) is 5.57 Å². The Bertz CT molecular complexity index is 361. The van der Waals surface area contributed by atoms with Crippen LogP contribution in [0, 0.1) is 6.92 Å². The summed E-state index contributed by atoms with van der Waals surface area (Å²) in [4.78, 5) is 0. The van der Waals surface area contributed by atoms with E-state index in [1.807, 2.05) is 0 Å². The Morgan fingerprint density at radius 3 is 2.50 bits per heavy atom. The van der Waals surface area contributed by atoms with Crippen molar-refractivity contribution >= 4 is 19.5 Å². The molecule has 1 aliphatic heterocycles. The molecule has 0 atom stereocenters. The van der Waals surface area contributed by atoms with E-state index in [-0.39, 0.29) is 0 Å². The van der Waals surface area contributed by atoms with E-state index < -0.39 is 0 Å². The molecule has 1 aliphatic rings. The first-order valence-corrected chi connectivity index (χ1v) is 5.09. The average molecular weight is 175 g/mol. The molecule has 0 aliphatic carbocycles. The molecule has 0 aromatic heterocycles. The van der Waals surface area contributed by atoms with E-state index in [2.05, 4.69) is 39.0 Å². The van der Waals surface area contributed by atoms with Crippen molar-refractivity contribution in [1.82, 2.24) is 0 Å². The summed E-state index contributed by atoms with van der Waals surface area (Å²) in [6.07, 6.45) is 0. The highest BCUT2D eigenvalue weighted by molar-refractivity contribution is 7.53. The molecule has 0 amide bonds. The van der Waals surface area contributed by atoms with Crippen LogP contribution in [0.5, 0.6) is 0 Å². The molecule has 0 nitrogen and oxygen atoms in total. The second-order valence-corrected chi connectivity index (χ2v) is 4.67. The Hall–Kier alpha value is -0.610. The molecule has 2 rings (SSSR count). The second-order valence-electron chi connectivity index (χ2n) is 3.29. The highest BCUT2D eigenvalue weighted by atomic mass is 31.1. The van der Waals surface area contributed by atoms with Gasteiger partial charge in [0.2, 0.25) is 0 Å². The smallest absolute Gasteiger partial charge is 0.00716 e. The van der Waals surface area contributed by atoms with Gasteiger partial charge in [-0.15, -0.1) is 0 Å². The molecule has 1 aromatic rings. The van der Waals surface area contributed by atoms with Gasteiger partial charge in [-0.2, -0.15) is 0 Å². The van der Waals surface area contributed by atoms with Crippen LogP contribution in [-0.4, -0.2) is 0 Å². The Balaban J connectivity index is 2.67. The fourth-order valence-electron chi connectivity index (χ4n) is 1.68. The first-order valence-electron chi connectivity index (χ1n) is 4.19. The third-order valence-corrected chi connectivity index (χ3v) is 3.74. The van der Waals surface area contributed by atoms with Crippen LogP contribution >= 0.6 is 8.58 Å². The van der Waals surface area contributed by atoms with Crippen LogP contribution in [0.2, 0.25) is 0 Å². The van der Waals surface area contributed by atoms with Gasteiger partial charge in [0.05, 0.1) is 0 Å². The molecule has 1 heterocycles. The van der Waals surface area contributed by atoms with Gasteiger partial charge in [-0.25, -0.2) is 0 Å². The lowest BCUT2D eigenvalue weighted by molar-refractivity contribution is 1.43. The first kappa shape index (κ1) is 8.01. The number of rotatable bonds is 0. The SMILES string of the molecule is CC1=C(C)c2c(C)cccc2[P]1. The van der Waals surface area contributed by atoms with Crippen LogP contribution < -0.4 is 5.30 Å². The summed E-state index contributed by atoms with van der Waals surface area (Å²) in [6.45, 7) is 6.63. The van der Waals surface area contributed by atoms with Gasteiger partial charge in [0, 0.05) is 0 Å². The highest BCUT2D eigenvalue weighted by Crippen LogP contribution is 2.39. The van der Waals surface area contributed by atoms with Crippen molar-refractivity contribution in [2.24, 2.45) is 0 Å². The zero-order valence-electron chi connectivity index (χ0n) is 7.68. The van der Waals surface area contributed by atoms with Crippen LogP contribution in [0.4, 0.5) is 0 Å². The Labute approximate surface area is 75.5 Å². The van der Waals surface area contributed by atoms with Crippen LogP contribution in [0.3, 0.4) is 0 Å². The minimum Gasteiger partial charge on any atom is -0.0613 e. The van der Waals surface area contributed by atoms with Gasteiger partial charge in [0.15, 0.2) is 0 Å². The number of aryl methyl sites for hydroxylation is 1. The van der Waals surface area contributed by atoms with Crippen molar-refractivity contribution in [2.75, 3.05) is 0 Å². The van der Waals surface area contributed by atoms with Crippen LogP contribution in [0.15, 0.2) is 23.5 Å². The summed E-state index contributed by atoms with van der Waals surface area (Å²) in [5, 5.41) is 2.98. The van der Waals surface area contributed by atoms with Crippen molar-refractivity contribution in [3.05, 3.63) is 34.6 Å². The number of fused-ring (bicyclic) bond motifs is 1. The molecule has 0 N–H and O–H groups in total. The maximum absolute atomic E-state index is 2.23. The van der Waals surface area contributed by atoms with Crippen molar-refractivity contribution in [3.63, 3.8) is 0 Å². The molecule has 0 spiro atoms. The monoisotopic (exact) mass is 175 g/mol. The predicted molar refractivity (Wildman–Crippen MR) is 56.0 cm³/mol. The Morgan fingerprint density at radius 2 is 1.83 bits per heavy atom. The Morgan fingerprint density at radius 1 is 1.08 bits per heavy atom. The highest BCUT2D eigenvalue weighted by Gasteiger charge is 2.17. The van der Waals surface area contributed by atoms with E-state index >= 15 is 0 Å². The third-order valence-electron chi connectivity index (χ3n) is 2.46. The molecule has 0 bridgehead atoms. The number of benzene rings is 1. The van der Waals surface area contributed by atoms with Crippen molar-refractivity contribution in [3.8, 4) is 0 Å². The second kappa shape index (κ2) is 2.71. The fourth-order valence-corrected chi connectivity index (χ4v) is 2.94. The zero-order chi connectivity index (χ0) is 8.72. The van der Waals surface area contributed by atoms with Crippen LogP contribution in [0.1, 0.15) is 25.0 Å². The lowest BCUT2D eigenvalue weighted by Gasteiger charge is -2.03. The summed E-state index contributed by atoms with van der Waals surface area (Å²) >= 11 is 0. The van der Waals surface area contributed by atoms with Crippen LogP contribution in [-0.2, 0) is 0 Å². The topological polar surface area (TPSA) is 0 Å². The van der Waals surface area contributed by atoms with E-state index in [0.717, 1.165) is 0 Å². The van der Waals surface area contributed by atoms with Gasteiger partial charge in [-0.05, 0) is 56.7 Å². The molecule has 1 aromatic carbocycles. The molecule has 0 unspecified atom stereocenters. The van der Waals surface area contributed by atoms with Gasteiger partial charge in [0.1, 0.15) is 0 Å². The molecule has 0 saturated heterocycles. The van der Waals surface area contributed by atoms with E-state index in [1.165, 1.54) is 35.9 Å². The minimum atomic E-state index is 1.40. The molecule has 12 heavy (non-hydrogen) atoms. The van der Waals surface area contributed by atoms with Gasteiger partial charge < -0.3 is 0 Å². The molecule has 1 heteroatoms. The van der Waals surface area contributed by atoms with Gasteiger partial charge in [0.25, 0.3) is 0 Å². The van der Waals surface area contributed by atoms with Gasteiger partial charge in [-0.1, -0.05) is 18.2 Å². The molecule has 61 valence electrons. The number of hydrogen-bond donors (Lipinski definition) is 0. The maximum atomic E-state index is 2.23. The van der Waals surface area contributed by atoms with Crippen molar-refractivity contribution < 1.29 is 0 Å². The normalized spacial score (nSPS) is 17.2. The van der Waals surface area contributed by atoms with E-state index in [9.17, 15) is 0 Å². The first-order chi connectivity index (χ1) is 5.70. The largest absolute Gasteiger partial charge is 0.0613 e. The van der Waals surface area contributed by atoms with E-state index in [4.69, 9.17) is 0 Å². The van der Waals surface area contributed by atoms with Gasteiger partial charge >= 0.3 is 0 Å². The lowest BCUT2D eigenvalue weighted by Crippen LogP contribution is -1.98. The molecule has 0 saturated carbocycles. The quantitative estimate of drug-likeness (QED) is 0.530. The summed E-state index contributed by atoms with van der Waals surface area (Å²) in [7, 11) is 1.40. The summed E-state index contributed by atoms with van der Waals surface area (Å²) in [6, 6.07) is 6.56. The van der Waals surface area contributed by atoms with E-state index in [1.54, 1.807) is 0 Å². The van der Waals surface area contributed by atoms with Crippen molar-refractivity contribution in [2.45, 2.75) is 20.8 Å². The lowest BCUT2D eigenvalue weighted by atomic mass is 10.0. The summed E-state index contributed by atoms with van der Waals surface area (Å²) in [5.41, 5.74) is 4.37. The maximum Gasteiger partial charge on any atom is -0.00716 e. The fraction of sp³-hybridized carbons (Fsp3) is 0.273. The van der Waals surface area contributed by atoms with Gasteiger partial charge in [-0.3, -0.25) is 0 Å². The van der Waals surface area contributed by atoms with E-state index in [0.29, 0.717) is 0 Å². The molecule has 1 radical (unpaired) electrons. The standard InChI is InChI=1S/C11H12P/c1-7-5-4-6-10-11(7)8(2)9(3)12-10/h4-6H,1-3H3. The summed E-state index contributed by atoms with van der Waals surface area (Å²) < 4.78 is 0. The zero-order valence-corrected chi connectivity index (χ0v) is 8.57. The molecular weight excluding hydrogens is 163 g/mol. The summed E-state index contributed by atoms with van der Waals surface area (Å²) in [5.74, 6) is 0. The predicted octanol–water partition coefficient (Wildman–Crippen LogP) is 3.33. The number of allylic oxidation sites excluding steroid dienone is 2. The molecule has 0 fully saturated rings. The molecular formula is C11H12P. The number of hydrogen-bond acceptors (Lipinski definition) is 0.